The summed E-state index contributed by atoms with van der Waals surface area (Å²) < 4.78 is 0. The lowest BCUT2D eigenvalue weighted by Gasteiger charge is -2.03. The van der Waals surface area contributed by atoms with Crippen LogP contribution in [-0.4, -0.2) is 5.91 Å². The summed E-state index contributed by atoms with van der Waals surface area (Å²) in [6.45, 7) is 7.01. The van der Waals surface area contributed by atoms with Crippen molar-refractivity contribution in [3.05, 3.63) is 36.6 Å². The van der Waals surface area contributed by atoms with Gasteiger partial charge in [0.05, 0.1) is 0 Å². The third kappa shape index (κ3) is 3.05. The Bertz CT molecular complexity index is 229. The Morgan fingerprint density at radius 2 is 1.67 bits per heavy atom. The highest BCUT2D eigenvalue weighted by Gasteiger charge is 2.06. The fourth-order valence-corrected chi connectivity index (χ4v) is 0.813. The van der Waals surface area contributed by atoms with Crippen molar-refractivity contribution in [3.8, 4) is 0 Å². The minimum absolute atomic E-state index is 0.412. The molecule has 1 amide bonds. The smallest absolute Gasteiger partial charge is 0.246 e. The van der Waals surface area contributed by atoms with Crippen LogP contribution < -0.4 is 11.5 Å². The molecule has 0 aliphatic rings. The Kier molecular flexibility index (Phi) is 4.53. The Balaban J connectivity index is 4.64. The summed E-state index contributed by atoms with van der Waals surface area (Å²) in [5.41, 5.74) is 11.6. The van der Waals surface area contributed by atoms with Crippen molar-refractivity contribution >= 4 is 5.91 Å². The van der Waals surface area contributed by atoms with Crippen molar-refractivity contribution in [1.29, 1.82) is 0 Å². The number of hydrogen-bond acceptors (Lipinski definition) is 2. The molecule has 0 heterocycles. The molecule has 0 bridgehead atoms. The highest BCUT2D eigenvalue weighted by molar-refractivity contribution is 5.92. The van der Waals surface area contributed by atoms with Gasteiger partial charge in [0, 0.05) is 17.7 Å². The van der Waals surface area contributed by atoms with E-state index in [4.69, 9.17) is 11.5 Å². The number of hydrogen-bond donors (Lipinski definition) is 2. The van der Waals surface area contributed by atoms with Crippen molar-refractivity contribution in [2.45, 2.75) is 12.8 Å². The SMILES string of the molecule is C=CCC(N)=C(CC=C)C(N)=O. The van der Waals surface area contributed by atoms with E-state index in [0.29, 0.717) is 24.1 Å². The van der Waals surface area contributed by atoms with Gasteiger partial charge in [0.1, 0.15) is 0 Å². The highest BCUT2D eigenvalue weighted by atomic mass is 16.1. The molecule has 0 spiro atoms. The monoisotopic (exact) mass is 166 g/mol. The first-order valence-electron chi connectivity index (χ1n) is 3.62. The molecule has 66 valence electrons. The van der Waals surface area contributed by atoms with E-state index in [2.05, 4.69) is 13.2 Å². The van der Waals surface area contributed by atoms with Crippen LogP contribution in [0.25, 0.3) is 0 Å². The molecule has 0 radical (unpaired) electrons. The normalized spacial score (nSPS) is 11.7. The van der Waals surface area contributed by atoms with Crippen LogP contribution in [-0.2, 0) is 4.79 Å². The molecule has 0 rings (SSSR count). The van der Waals surface area contributed by atoms with Crippen LogP contribution in [0.3, 0.4) is 0 Å². The van der Waals surface area contributed by atoms with Crippen LogP contribution in [0.1, 0.15) is 12.8 Å². The molecule has 0 saturated heterocycles. The van der Waals surface area contributed by atoms with Gasteiger partial charge in [-0.05, 0) is 6.42 Å². The molecule has 3 nitrogen and oxygen atoms in total. The summed E-state index contributed by atoms with van der Waals surface area (Å²) in [5, 5.41) is 0. The number of carbonyl (C=O) groups excluding carboxylic acids is 1. The molecule has 3 heteroatoms. The molecule has 0 aromatic rings. The summed E-state index contributed by atoms with van der Waals surface area (Å²) in [6.07, 6.45) is 4.11. The lowest BCUT2D eigenvalue weighted by molar-refractivity contribution is -0.114. The third-order valence-corrected chi connectivity index (χ3v) is 1.40. The van der Waals surface area contributed by atoms with E-state index in [0.717, 1.165) is 0 Å². The number of primary amides is 1. The van der Waals surface area contributed by atoms with Crippen molar-refractivity contribution in [2.75, 3.05) is 0 Å². The predicted octanol–water partition coefficient (Wildman–Crippen LogP) is 0.837. The molecule has 0 aromatic heterocycles. The van der Waals surface area contributed by atoms with Crippen molar-refractivity contribution < 1.29 is 4.79 Å². The average molecular weight is 166 g/mol. The van der Waals surface area contributed by atoms with Crippen LogP contribution in [0.2, 0.25) is 0 Å². The van der Waals surface area contributed by atoms with Crippen LogP contribution in [0, 0.1) is 0 Å². The third-order valence-electron chi connectivity index (χ3n) is 1.40. The van der Waals surface area contributed by atoms with Gasteiger partial charge in [-0.25, -0.2) is 0 Å². The molecular formula is C9H14N2O. The second-order valence-corrected chi connectivity index (χ2v) is 2.35. The zero-order valence-corrected chi connectivity index (χ0v) is 7.05. The van der Waals surface area contributed by atoms with Gasteiger partial charge < -0.3 is 11.5 Å². The van der Waals surface area contributed by atoms with Crippen molar-refractivity contribution in [3.63, 3.8) is 0 Å². The zero-order chi connectivity index (χ0) is 9.56. The second-order valence-electron chi connectivity index (χ2n) is 2.35. The molecule has 0 unspecified atom stereocenters. The van der Waals surface area contributed by atoms with E-state index in [1.165, 1.54) is 0 Å². The summed E-state index contributed by atoms with van der Waals surface area (Å²) >= 11 is 0. The maximum atomic E-state index is 10.8. The quantitative estimate of drug-likeness (QED) is 0.469. The molecule has 0 aliphatic heterocycles. The first-order chi connectivity index (χ1) is 5.63. The fraction of sp³-hybridized carbons (Fsp3) is 0.222. The average Bonchev–Trinajstić information content (AvgIpc) is 1.99. The lowest BCUT2D eigenvalue weighted by atomic mass is 10.1. The molecule has 0 atom stereocenters. The molecule has 0 aromatic carbocycles. The molecule has 0 fully saturated rings. The van der Waals surface area contributed by atoms with E-state index in [1.54, 1.807) is 12.2 Å². The van der Waals surface area contributed by atoms with Crippen molar-refractivity contribution in [2.24, 2.45) is 11.5 Å². The molecule has 12 heavy (non-hydrogen) atoms. The second kappa shape index (κ2) is 5.18. The zero-order valence-electron chi connectivity index (χ0n) is 7.05. The summed E-state index contributed by atoms with van der Waals surface area (Å²) in [6, 6.07) is 0. The minimum atomic E-state index is -0.491. The van der Waals surface area contributed by atoms with Crippen LogP contribution >= 0.6 is 0 Å². The van der Waals surface area contributed by atoms with Gasteiger partial charge in [0.25, 0.3) is 0 Å². The van der Waals surface area contributed by atoms with Crippen LogP contribution in [0.5, 0.6) is 0 Å². The number of carbonyl (C=O) groups is 1. The van der Waals surface area contributed by atoms with E-state index in [-0.39, 0.29) is 0 Å². The Hall–Kier alpha value is -1.51. The largest absolute Gasteiger partial charge is 0.401 e. The molecule has 0 aliphatic carbocycles. The van der Waals surface area contributed by atoms with Gasteiger partial charge >= 0.3 is 0 Å². The van der Waals surface area contributed by atoms with E-state index < -0.39 is 5.91 Å². The van der Waals surface area contributed by atoms with Gasteiger partial charge in [0.15, 0.2) is 0 Å². The van der Waals surface area contributed by atoms with Gasteiger partial charge in [-0.15, -0.1) is 13.2 Å². The van der Waals surface area contributed by atoms with Gasteiger partial charge in [-0.2, -0.15) is 0 Å². The molecular weight excluding hydrogens is 152 g/mol. The van der Waals surface area contributed by atoms with Crippen LogP contribution in [0.4, 0.5) is 0 Å². The van der Waals surface area contributed by atoms with Gasteiger partial charge in [0.2, 0.25) is 5.91 Å². The van der Waals surface area contributed by atoms with Gasteiger partial charge in [-0.3, -0.25) is 4.79 Å². The number of allylic oxidation sites excluding steroid dienone is 2. The Labute approximate surface area is 72.4 Å². The number of nitrogens with two attached hydrogens (primary N) is 2. The molecule has 0 saturated carbocycles. The summed E-state index contributed by atoms with van der Waals surface area (Å²) in [5.74, 6) is -0.491. The topological polar surface area (TPSA) is 69.1 Å². The summed E-state index contributed by atoms with van der Waals surface area (Å²) in [4.78, 5) is 10.8. The minimum Gasteiger partial charge on any atom is -0.401 e. The Morgan fingerprint density at radius 3 is 2.00 bits per heavy atom. The van der Waals surface area contributed by atoms with E-state index in [9.17, 15) is 4.79 Å². The van der Waals surface area contributed by atoms with Crippen molar-refractivity contribution in [1.82, 2.24) is 0 Å². The molecule has 4 N–H and O–H groups in total. The standard InChI is InChI=1S/C9H14N2O/c1-3-5-7(9(11)12)8(10)6-4-2/h3-4H,1-2,5-6,10H2,(H2,11,12). The summed E-state index contributed by atoms with van der Waals surface area (Å²) in [7, 11) is 0. The number of amides is 1. The lowest BCUT2D eigenvalue weighted by Crippen LogP contribution is -2.18. The maximum absolute atomic E-state index is 10.8. The Morgan fingerprint density at radius 1 is 1.17 bits per heavy atom. The van der Waals surface area contributed by atoms with Gasteiger partial charge in [-0.1, -0.05) is 12.2 Å². The fourth-order valence-electron chi connectivity index (χ4n) is 0.813. The number of rotatable bonds is 5. The van der Waals surface area contributed by atoms with Crippen LogP contribution in [0.15, 0.2) is 36.6 Å². The maximum Gasteiger partial charge on any atom is 0.246 e. The first kappa shape index (κ1) is 10.5. The van der Waals surface area contributed by atoms with E-state index >= 15 is 0 Å². The van der Waals surface area contributed by atoms with E-state index in [1.807, 2.05) is 0 Å². The first-order valence-corrected chi connectivity index (χ1v) is 3.62. The highest BCUT2D eigenvalue weighted by Crippen LogP contribution is 2.07. The predicted molar refractivity (Wildman–Crippen MR) is 50.0 cm³/mol.